The van der Waals surface area contributed by atoms with Crippen LogP contribution >= 0.6 is 0 Å². The van der Waals surface area contributed by atoms with Crippen LogP contribution in [0.15, 0.2) is 29.4 Å². The zero-order chi connectivity index (χ0) is 12.5. The molecule has 0 unspecified atom stereocenters. The number of hydrogen-bond acceptors (Lipinski definition) is 2. The Morgan fingerprint density at radius 1 is 1.29 bits per heavy atom. The first-order valence-corrected chi connectivity index (χ1v) is 5.78. The largest absolute Gasteiger partial charge is 0.396 e. The Balaban J connectivity index is 2.47. The van der Waals surface area contributed by atoms with Gasteiger partial charge in [-0.05, 0) is 6.42 Å². The lowest BCUT2D eigenvalue weighted by molar-refractivity contribution is 0.141. The van der Waals surface area contributed by atoms with Crippen LogP contribution in [0.2, 0.25) is 0 Å². The van der Waals surface area contributed by atoms with Crippen molar-refractivity contribution in [1.82, 2.24) is 0 Å². The molecule has 0 aliphatic carbocycles. The highest BCUT2D eigenvalue weighted by Crippen LogP contribution is 2.21. The van der Waals surface area contributed by atoms with E-state index >= 15 is 0 Å². The Morgan fingerprint density at radius 3 is 2.76 bits per heavy atom. The molecule has 0 heterocycles. The second-order valence-electron chi connectivity index (χ2n) is 3.70. The third-order valence-electron chi connectivity index (χ3n) is 2.34. The van der Waals surface area contributed by atoms with Gasteiger partial charge in [0.1, 0.15) is 6.61 Å². The summed E-state index contributed by atoms with van der Waals surface area (Å²) < 4.78 is 25.2. The van der Waals surface area contributed by atoms with Crippen LogP contribution in [0.25, 0.3) is 0 Å². The quantitative estimate of drug-likeness (QED) is 0.399. The van der Waals surface area contributed by atoms with Gasteiger partial charge >= 0.3 is 0 Å². The molecule has 94 valence electrons. The maximum atomic E-state index is 12.6. The minimum atomic E-state index is -2.49. The van der Waals surface area contributed by atoms with Crippen LogP contribution in [0.5, 0.6) is 0 Å². The molecular formula is C13H17F2NO. The number of nitrogens with zero attached hydrogens (tertiary/aromatic N) is 1. The summed E-state index contributed by atoms with van der Waals surface area (Å²) in [6.07, 6.45) is 1.99. The molecule has 0 bridgehead atoms. The molecule has 0 saturated heterocycles. The van der Waals surface area contributed by atoms with E-state index in [0.29, 0.717) is 12.2 Å². The molecule has 0 aromatic heterocycles. The fraction of sp³-hybridized carbons (Fsp3) is 0.462. The van der Waals surface area contributed by atoms with Crippen LogP contribution < -0.4 is 0 Å². The molecule has 0 spiro atoms. The standard InChI is InChI=1S/C13H17F2NO/c1-2-3-6-9-17-16-10-11-7-4-5-8-12(11)13(14)15/h4-5,7-8,10,13H,2-3,6,9H2,1H3. The summed E-state index contributed by atoms with van der Waals surface area (Å²) in [5, 5.41) is 3.70. The molecule has 0 saturated carbocycles. The van der Waals surface area contributed by atoms with Gasteiger partial charge in [-0.1, -0.05) is 49.2 Å². The summed E-state index contributed by atoms with van der Waals surface area (Å²) in [5.74, 6) is 0. The van der Waals surface area contributed by atoms with Gasteiger partial charge in [-0.3, -0.25) is 0 Å². The fourth-order valence-corrected chi connectivity index (χ4v) is 1.39. The van der Waals surface area contributed by atoms with Crippen molar-refractivity contribution in [1.29, 1.82) is 0 Å². The summed E-state index contributed by atoms with van der Waals surface area (Å²) in [4.78, 5) is 5.00. The van der Waals surface area contributed by atoms with E-state index in [9.17, 15) is 8.78 Å². The number of benzene rings is 1. The average molecular weight is 241 g/mol. The van der Waals surface area contributed by atoms with Crippen LogP contribution in [0, 0.1) is 0 Å². The molecule has 0 atom stereocenters. The Bertz CT molecular complexity index is 353. The van der Waals surface area contributed by atoms with E-state index in [1.165, 1.54) is 12.3 Å². The number of alkyl halides is 2. The molecule has 4 heteroatoms. The van der Waals surface area contributed by atoms with Crippen LogP contribution in [0.1, 0.15) is 43.7 Å². The smallest absolute Gasteiger partial charge is 0.264 e. The molecule has 0 N–H and O–H groups in total. The van der Waals surface area contributed by atoms with Crippen LogP contribution in [0.4, 0.5) is 8.78 Å². The third-order valence-corrected chi connectivity index (χ3v) is 2.34. The maximum absolute atomic E-state index is 12.6. The maximum Gasteiger partial charge on any atom is 0.264 e. The Labute approximate surface area is 100 Å². The van der Waals surface area contributed by atoms with Crippen LogP contribution in [0.3, 0.4) is 0 Å². The summed E-state index contributed by atoms with van der Waals surface area (Å²) in [5.41, 5.74) is 0.381. The molecule has 1 rings (SSSR count). The highest BCUT2D eigenvalue weighted by Gasteiger charge is 2.10. The molecule has 0 amide bonds. The number of halogens is 2. The van der Waals surface area contributed by atoms with Crippen molar-refractivity contribution in [3.05, 3.63) is 35.4 Å². The van der Waals surface area contributed by atoms with Crippen molar-refractivity contribution in [2.75, 3.05) is 6.61 Å². The fourth-order valence-electron chi connectivity index (χ4n) is 1.39. The number of oxime groups is 1. The van der Waals surface area contributed by atoms with Crippen molar-refractivity contribution < 1.29 is 13.6 Å². The topological polar surface area (TPSA) is 21.6 Å². The van der Waals surface area contributed by atoms with E-state index in [-0.39, 0.29) is 5.56 Å². The van der Waals surface area contributed by atoms with E-state index in [1.54, 1.807) is 18.2 Å². The van der Waals surface area contributed by atoms with Crippen molar-refractivity contribution in [3.63, 3.8) is 0 Å². The Kier molecular flexibility index (Phi) is 6.22. The Hall–Kier alpha value is -1.45. The number of unbranched alkanes of at least 4 members (excludes halogenated alkanes) is 2. The lowest BCUT2D eigenvalue weighted by atomic mass is 10.1. The third kappa shape index (κ3) is 4.93. The van der Waals surface area contributed by atoms with E-state index in [4.69, 9.17) is 4.84 Å². The molecule has 0 fully saturated rings. The number of rotatable bonds is 7. The average Bonchev–Trinajstić information content (AvgIpc) is 2.34. The molecule has 2 nitrogen and oxygen atoms in total. The monoisotopic (exact) mass is 241 g/mol. The summed E-state index contributed by atoms with van der Waals surface area (Å²) in [6, 6.07) is 6.27. The van der Waals surface area contributed by atoms with Gasteiger partial charge in [0.2, 0.25) is 0 Å². The zero-order valence-corrected chi connectivity index (χ0v) is 9.90. The minimum absolute atomic E-state index is 0.0200. The summed E-state index contributed by atoms with van der Waals surface area (Å²) in [6.45, 7) is 2.63. The van der Waals surface area contributed by atoms with E-state index < -0.39 is 6.43 Å². The lowest BCUT2D eigenvalue weighted by Gasteiger charge is -2.03. The molecule has 1 aromatic rings. The molecule has 17 heavy (non-hydrogen) atoms. The Morgan fingerprint density at radius 2 is 2.06 bits per heavy atom. The van der Waals surface area contributed by atoms with Gasteiger partial charge in [0.05, 0.1) is 6.21 Å². The van der Waals surface area contributed by atoms with Gasteiger partial charge in [-0.2, -0.15) is 0 Å². The SMILES string of the molecule is CCCCCON=Cc1ccccc1C(F)F. The van der Waals surface area contributed by atoms with Gasteiger partial charge in [0.15, 0.2) is 0 Å². The molecular weight excluding hydrogens is 224 g/mol. The number of hydrogen-bond donors (Lipinski definition) is 0. The normalized spacial score (nSPS) is 11.3. The van der Waals surface area contributed by atoms with Crippen molar-refractivity contribution in [2.45, 2.75) is 32.6 Å². The molecule has 0 radical (unpaired) electrons. The van der Waals surface area contributed by atoms with Crippen LogP contribution in [-0.2, 0) is 4.84 Å². The second kappa shape index (κ2) is 7.76. The first-order valence-electron chi connectivity index (χ1n) is 5.78. The highest BCUT2D eigenvalue weighted by atomic mass is 19.3. The first kappa shape index (κ1) is 13.6. The zero-order valence-electron chi connectivity index (χ0n) is 9.90. The van der Waals surface area contributed by atoms with Crippen molar-refractivity contribution >= 4 is 6.21 Å². The summed E-state index contributed by atoms with van der Waals surface area (Å²) >= 11 is 0. The van der Waals surface area contributed by atoms with Gasteiger partial charge in [0, 0.05) is 11.1 Å². The van der Waals surface area contributed by atoms with Crippen LogP contribution in [-0.4, -0.2) is 12.8 Å². The molecule has 0 aliphatic heterocycles. The van der Waals surface area contributed by atoms with Gasteiger partial charge in [0.25, 0.3) is 6.43 Å². The highest BCUT2D eigenvalue weighted by molar-refractivity contribution is 5.81. The predicted octanol–water partition coefficient (Wildman–Crippen LogP) is 4.16. The molecule has 0 aliphatic rings. The van der Waals surface area contributed by atoms with E-state index in [0.717, 1.165) is 19.3 Å². The first-order chi connectivity index (χ1) is 8.25. The van der Waals surface area contributed by atoms with Gasteiger partial charge in [-0.25, -0.2) is 8.78 Å². The van der Waals surface area contributed by atoms with E-state index in [2.05, 4.69) is 12.1 Å². The predicted molar refractivity (Wildman–Crippen MR) is 64.5 cm³/mol. The van der Waals surface area contributed by atoms with Gasteiger partial charge in [-0.15, -0.1) is 0 Å². The minimum Gasteiger partial charge on any atom is -0.396 e. The molecule has 1 aromatic carbocycles. The van der Waals surface area contributed by atoms with Crippen molar-refractivity contribution in [3.8, 4) is 0 Å². The lowest BCUT2D eigenvalue weighted by Crippen LogP contribution is -1.94. The van der Waals surface area contributed by atoms with Gasteiger partial charge < -0.3 is 4.84 Å². The second-order valence-corrected chi connectivity index (χ2v) is 3.70. The van der Waals surface area contributed by atoms with Crippen molar-refractivity contribution in [2.24, 2.45) is 5.16 Å². The van der Waals surface area contributed by atoms with E-state index in [1.807, 2.05) is 0 Å². The summed E-state index contributed by atoms with van der Waals surface area (Å²) in [7, 11) is 0.